The number of ether oxygens (including phenoxy) is 1. The normalized spacial score (nSPS) is 26.7. The van der Waals surface area contributed by atoms with Gasteiger partial charge in [0.25, 0.3) is 0 Å². The Hall–Kier alpha value is -1.87. The van der Waals surface area contributed by atoms with Crippen molar-refractivity contribution in [3.05, 3.63) is 52.2 Å². The second kappa shape index (κ2) is 6.56. The predicted octanol–water partition coefficient (Wildman–Crippen LogP) is 3.47. The van der Waals surface area contributed by atoms with Gasteiger partial charge in [-0.1, -0.05) is 12.1 Å². The standard InChI is InChI=1S/C19H21N3OS/c20-11-15-3-1-4-16(9-15)21-17-10-19(23-13-17)6-7-22(14-19)12-18-5-2-8-24-18/h1-5,8-9,17,21H,6-7,10,12-14H2/t17-,19+/m1/s1. The highest BCUT2D eigenvalue weighted by atomic mass is 32.1. The molecular weight excluding hydrogens is 318 g/mol. The van der Waals surface area contributed by atoms with Gasteiger partial charge < -0.3 is 10.1 Å². The third-order valence-corrected chi connectivity index (χ3v) is 5.79. The summed E-state index contributed by atoms with van der Waals surface area (Å²) in [6, 6.07) is 14.5. The molecule has 2 aliphatic heterocycles. The van der Waals surface area contributed by atoms with Crippen LogP contribution in [-0.2, 0) is 11.3 Å². The van der Waals surface area contributed by atoms with E-state index >= 15 is 0 Å². The SMILES string of the molecule is N#Cc1cccc(N[C@H]2CO[C@@]3(CCN(Cc4cccs4)C3)C2)c1. The summed E-state index contributed by atoms with van der Waals surface area (Å²) in [4.78, 5) is 3.93. The summed E-state index contributed by atoms with van der Waals surface area (Å²) in [7, 11) is 0. The molecule has 24 heavy (non-hydrogen) atoms. The molecule has 1 aromatic heterocycles. The van der Waals surface area contributed by atoms with Crippen molar-refractivity contribution in [2.24, 2.45) is 0 Å². The molecule has 4 nitrogen and oxygen atoms in total. The van der Waals surface area contributed by atoms with E-state index < -0.39 is 0 Å². The molecule has 0 unspecified atom stereocenters. The van der Waals surface area contributed by atoms with Crippen molar-refractivity contribution in [1.82, 2.24) is 4.90 Å². The molecule has 2 atom stereocenters. The maximum atomic E-state index is 9.02. The minimum Gasteiger partial charge on any atom is -0.380 e. The van der Waals surface area contributed by atoms with Crippen molar-refractivity contribution >= 4 is 17.0 Å². The average molecular weight is 339 g/mol. The van der Waals surface area contributed by atoms with Crippen molar-refractivity contribution in [2.45, 2.75) is 31.0 Å². The second-order valence-corrected chi connectivity index (χ2v) is 7.80. The fourth-order valence-electron chi connectivity index (χ4n) is 3.82. The van der Waals surface area contributed by atoms with Gasteiger partial charge >= 0.3 is 0 Å². The number of nitrogens with zero attached hydrogens (tertiary/aromatic N) is 2. The molecule has 0 bridgehead atoms. The van der Waals surface area contributed by atoms with Crippen LogP contribution in [0.3, 0.4) is 0 Å². The predicted molar refractivity (Wildman–Crippen MR) is 96.1 cm³/mol. The van der Waals surface area contributed by atoms with Gasteiger partial charge in [0.05, 0.1) is 29.9 Å². The fraction of sp³-hybridized carbons (Fsp3) is 0.421. The highest BCUT2D eigenvalue weighted by Crippen LogP contribution is 2.37. The topological polar surface area (TPSA) is 48.3 Å². The van der Waals surface area contributed by atoms with Gasteiger partial charge in [-0.05, 0) is 36.1 Å². The number of nitriles is 1. The number of hydrogen-bond donors (Lipinski definition) is 1. The first kappa shape index (κ1) is 15.6. The largest absolute Gasteiger partial charge is 0.380 e. The molecule has 2 saturated heterocycles. The van der Waals surface area contributed by atoms with E-state index in [0.29, 0.717) is 11.6 Å². The molecule has 2 aliphatic rings. The van der Waals surface area contributed by atoms with Crippen LogP contribution in [0.5, 0.6) is 0 Å². The Balaban J connectivity index is 1.35. The van der Waals surface area contributed by atoms with Crippen molar-refractivity contribution in [1.29, 1.82) is 5.26 Å². The number of rotatable bonds is 4. The van der Waals surface area contributed by atoms with Gasteiger partial charge in [-0.25, -0.2) is 0 Å². The van der Waals surface area contributed by atoms with Gasteiger partial charge in [-0.15, -0.1) is 11.3 Å². The van der Waals surface area contributed by atoms with Crippen LogP contribution in [0.2, 0.25) is 0 Å². The molecule has 1 spiro atoms. The average Bonchev–Trinajstić information content (AvgIpc) is 3.32. The lowest BCUT2D eigenvalue weighted by Crippen LogP contribution is -2.33. The smallest absolute Gasteiger partial charge is 0.0992 e. The van der Waals surface area contributed by atoms with Crippen LogP contribution in [0.1, 0.15) is 23.3 Å². The zero-order valence-corrected chi connectivity index (χ0v) is 14.4. The van der Waals surface area contributed by atoms with Crippen LogP contribution >= 0.6 is 11.3 Å². The van der Waals surface area contributed by atoms with E-state index in [1.807, 2.05) is 35.6 Å². The van der Waals surface area contributed by atoms with Crippen LogP contribution in [-0.4, -0.2) is 36.2 Å². The second-order valence-electron chi connectivity index (χ2n) is 6.77. The summed E-state index contributed by atoms with van der Waals surface area (Å²) < 4.78 is 6.23. The summed E-state index contributed by atoms with van der Waals surface area (Å²) in [6.07, 6.45) is 2.14. The summed E-state index contributed by atoms with van der Waals surface area (Å²) in [5, 5.41) is 14.7. The van der Waals surface area contributed by atoms with E-state index in [0.717, 1.165) is 44.8 Å². The first-order valence-electron chi connectivity index (χ1n) is 8.40. The van der Waals surface area contributed by atoms with Gasteiger partial charge in [0.2, 0.25) is 0 Å². The summed E-state index contributed by atoms with van der Waals surface area (Å²) in [5.74, 6) is 0. The molecular formula is C19H21N3OS. The monoisotopic (exact) mass is 339 g/mol. The van der Waals surface area contributed by atoms with E-state index in [1.54, 1.807) is 0 Å². The molecule has 0 amide bonds. The van der Waals surface area contributed by atoms with Crippen LogP contribution in [0.25, 0.3) is 0 Å². The van der Waals surface area contributed by atoms with Gasteiger partial charge in [0.15, 0.2) is 0 Å². The van der Waals surface area contributed by atoms with Crippen LogP contribution in [0.4, 0.5) is 5.69 Å². The van der Waals surface area contributed by atoms with E-state index in [9.17, 15) is 0 Å². The van der Waals surface area contributed by atoms with Gasteiger partial charge in [0, 0.05) is 36.6 Å². The van der Waals surface area contributed by atoms with Crippen LogP contribution < -0.4 is 5.32 Å². The summed E-state index contributed by atoms with van der Waals surface area (Å²) >= 11 is 1.83. The molecule has 124 valence electrons. The van der Waals surface area contributed by atoms with E-state index in [1.165, 1.54) is 4.88 Å². The number of anilines is 1. The third kappa shape index (κ3) is 3.32. The molecule has 3 heterocycles. The first-order valence-corrected chi connectivity index (χ1v) is 9.28. The van der Waals surface area contributed by atoms with Crippen LogP contribution in [0, 0.1) is 11.3 Å². The van der Waals surface area contributed by atoms with Crippen LogP contribution in [0.15, 0.2) is 41.8 Å². The lowest BCUT2D eigenvalue weighted by molar-refractivity contribution is 0.0120. The Morgan fingerprint density at radius 3 is 3.17 bits per heavy atom. The Morgan fingerprint density at radius 2 is 2.33 bits per heavy atom. The van der Waals surface area contributed by atoms with E-state index in [4.69, 9.17) is 10.00 Å². The Kier molecular flexibility index (Phi) is 4.28. The Morgan fingerprint density at radius 1 is 1.38 bits per heavy atom. The number of likely N-dealkylation sites (tertiary alicyclic amines) is 1. The zero-order valence-electron chi connectivity index (χ0n) is 13.6. The molecule has 2 fully saturated rings. The van der Waals surface area contributed by atoms with E-state index in [2.05, 4.69) is 33.8 Å². The van der Waals surface area contributed by atoms with Crippen molar-refractivity contribution in [2.75, 3.05) is 25.0 Å². The molecule has 1 N–H and O–H groups in total. The van der Waals surface area contributed by atoms with E-state index in [-0.39, 0.29) is 5.60 Å². The molecule has 4 rings (SSSR count). The number of thiophene rings is 1. The highest BCUT2D eigenvalue weighted by molar-refractivity contribution is 7.09. The number of benzene rings is 1. The van der Waals surface area contributed by atoms with Crippen molar-refractivity contribution < 1.29 is 4.74 Å². The minimum absolute atomic E-state index is 0.00175. The molecule has 0 aliphatic carbocycles. The Labute approximate surface area is 146 Å². The van der Waals surface area contributed by atoms with Crippen molar-refractivity contribution in [3.63, 3.8) is 0 Å². The third-order valence-electron chi connectivity index (χ3n) is 4.93. The lowest BCUT2D eigenvalue weighted by Gasteiger charge is -2.23. The quantitative estimate of drug-likeness (QED) is 0.927. The number of nitrogens with one attached hydrogen (secondary N) is 1. The summed E-state index contributed by atoms with van der Waals surface area (Å²) in [6.45, 7) is 3.89. The van der Waals surface area contributed by atoms with Gasteiger partial charge in [-0.2, -0.15) is 5.26 Å². The molecule has 2 aromatic rings. The molecule has 0 radical (unpaired) electrons. The fourth-order valence-corrected chi connectivity index (χ4v) is 4.57. The maximum Gasteiger partial charge on any atom is 0.0992 e. The van der Waals surface area contributed by atoms with Crippen molar-refractivity contribution in [3.8, 4) is 6.07 Å². The maximum absolute atomic E-state index is 9.02. The zero-order chi connectivity index (χ0) is 16.4. The lowest BCUT2D eigenvalue weighted by atomic mass is 9.97. The molecule has 1 aromatic carbocycles. The Bertz CT molecular complexity index is 739. The molecule has 5 heteroatoms. The molecule has 0 saturated carbocycles. The highest BCUT2D eigenvalue weighted by Gasteiger charge is 2.45. The van der Waals surface area contributed by atoms with Gasteiger partial charge in [-0.3, -0.25) is 4.90 Å². The summed E-state index contributed by atoms with van der Waals surface area (Å²) in [5.41, 5.74) is 1.70. The first-order chi connectivity index (χ1) is 11.7. The van der Waals surface area contributed by atoms with Gasteiger partial charge in [0.1, 0.15) is 0 Å². The number of hydrogen-bond acceptors (Lipinski definition) is 5. The minimum atomic E-state index is 0.00175.